The number of methoxy groups -OCH3 is 1. The quantitative estimate of drug-likeness (QED) is 0.338. The summed E-state index contributed by atoms with van der Waals surface area (Å²) in [5.74, 6) is 0.480. The van der Waals surface area contributed by atoms with E-state index in [1.165, 1.54) is 19.2 Å². The first-order valence-corrected chi connectivity index (χ1v) is 12.1. The molecular formula is C23H21F5N2O3S. The zero-order valence-electron chi connectivity index (χ0n) is 17.8. The van der Waals surface area contributed by atoms with Crippen LogP contribution >= 0.6 is 10.2 Å². The molecule has 0 aliphatic heterocycles. The maximum Gasteiger partial charge on any atom is 0.319 e. The van der Waals surface area contributed by atoms with Crippen LogP contribution in [0.4, 0.5) is 29.9 Å². The first-order valence-electron chi connectivity index (χ1n) is 10.1. The minimum atomic E-state index is -10.0. The number of aliphatic hydroxyl groups is 1. The second-order valence-corrected chi connectivity index (χ2v) is 10.4. The second kappa shape index (κ2) is 7.60. The van der Waals surface area contributed by atoms with Crippen LogP contribution in [0.1, 0.15) is 17.2 Å². The lowest BCUT2D eigenvalue weighted by molar-refractivity contribution is 0.144. The van der Waals surface area contributed by atoms with Gasteiger partial charge in [0, 0.05) is 12.0 Å². The van der Waals surface area contributed by atoms with E-state index in [1.807, 2.05) is 0 Å². The molecule has 0 saturated carbocycles. The highest BCUT2D eigenvalue weighted by Gasteiger charge is 2.65. The van der Waals surface area contributed by atoms with Crippen molar-refractivity contribution >= 4 is 21.9 Å². The van der Waals surface area contributed by atoms with E-state index < -0.39 is 39.0 Å². The van der Waals surface area contributed by atoms with Gasteiger partial charge in [-0.15, -0.1) is 0 Å². The lowest BCUT2D eigenvalue weighted by atomic mass is 10.0. The molecule has 3 aromatic rings. The van der Waals surface area contributed by atoms with Gasteiger partial charge < -0.3 is 20.5 Å². The third kappa shape index (κ3) is 4.95. The molecule has 0 spiro atoms. The molecule has 0 aromatic heterocycles. The number of hydrogen-bond acceptors (Lipinski definition) is 3. The van der Waals surface area contributed by atoms with Gasteiger partial charge in [-0.1, -0.05) is 61.9 Å². The Balaban J connectivity index is 1.69. The number of anilines is 1. The molecule has 0 saturated heterocycles. The van der Waals surface area contributed by atoms with Crippen molar-refractivity contribution < 1.29 is 34.1 Å². The standard InChI is InChI=1S/C23H21F5N2O3S/c1-33-16-8-6-14(7-9-16)18-11-10-17(34(24,25,26,27)28)13-20(18)29-23(32)30-22-19-5-3-2-4-15(19)12-21(22)31/h2-11,13,21-22,31H,12H2,1H3,(H2,29,30,32)/t21-,22+/m0/s1. The molecule has 1 aliphatic rings. The molecule has 34 heavy (non-hydrogen) atoms. The molecule has 1 aliphatic carbocycles. The van der Waals surface area contributed by atoms with Crippen LogP contribution < -0.4 is 15.4 Å². The summed E-state index contributed by atoms with van der Waals surface area (Å²) in [5.41, 5.74) is 1.49. The Morgan fingerprint density at radius 1 is 1.00 bits per heavy atom. The molecule has 4 rings (SSSR count). The van der Waals surface area contributed by atoms with Crippen LogP contribution in [0, 0.1) is 0 Å². The van der Waals surface area contributed by atoms with Crippen molar-refractivity contribution in [2.45, 2.75) is 23.5 Å². The van der Waals surface area contributed by atoms with Crippen molar-refractivity contribution in [1.29, 1.82) is 0 Å². The minimum Gasteiger partial charge on any atom is -0.497 e. The predicted molar refractivity (Wildman–Crippen MR) is 121 cm³/mol. The minimum absolute atomic E-state index is 0.0933. The first-order chi connectivity index (χ1) is 15.7. The van der Waals surface area contributed by atoms with Crippen LogP contribution in [0.5, 0.6) is 5.75 Å². The number of nitrogens with one attached hydrogen (secondary N) is 2. The number of amides is 2. The van der Waals surface area contributed by atoms with Crippen LogP contribution in [0.2, 0.25) is 0 Å². The van der Waals surface area contributed by atoms with Gasteiger partial charge in [-0.05, 0) is 41.0 Å². The van der Waals surface area contributed by atoms with Crippen LogP contribution in [-0.4, -0.2) is 24.4 Å². The normalized spacial score (nSPS) is 19.5. The molecule has 11 heteroatoms. The van der Waals surface area contributed by atoms with Gasteiger partial charge in [-0.25, -0.2) is 4.79 Å². The highest BCUT2D eigenvalue weighted by Crippen LogP contribution is 3.02. The lowest BCUT2D eigenvalue weighted by Crippen LogP contribution is -2.37. The SMILES string of the molecule is COc1ccc(-c2ccc(S(F)(F)(F)(F)F)cc2NC(=O)N[C@@H]2c3ccccc3C[C@@H]2O)cc1. The molecule has 0 heterocycles. The van der Waals surface area contributed by atoms with Crippen molar-refractivity contribution in [3.63, 3.8) is 0 Å². The van der Waals surface area contributed by atoms with E-state index in [0.717, 1.165) is 11.6 Å². The molecule has 0 fully saturated rings. The van der Waals surface area contributed by atoms with Gasteiger partial charge in [-0.3, -0.25) is 0 Å². The van der Waals surface area contributed by atoms with E-state index in [2.05, 4.69) is 10.6 Å². The molecule has 0 bridgehead atoms. The zero-order chi connectivity index (χ0) is 24.8. The van der Waals surface area contributed by atoms with E-state index in [0.29, 0.717) is 22.9 Å². The van der Waals surface area contributed by atoms with Gasteiger partial charge in [-0.2, -0.15) is 0 Å². The van der Waals surface area contributed by atoms with Crippen molar-refractivity contribution in [1.82, 2.24) is 5.32 Å². The Bertz CT molecular complexity index is 1250. The fraction of sp³-hybridized carbons (Fsp3) is 0.174. The Kier molecular flexibility index (Phi) is 5.33. The maximum absolute atomic E-state index is 13.5. The van der Waals surface area contributed by atoms with Crippen LogP contribution in [0.25, 0.3) is 11.1 Å². The average Bonchev–Trinajstić information content (AvgIpc) is 3.07. The number of rotatable bonds is 5. The number of fused-ring (bicyclic) bond motifs is 1. The van der Waals surface area contributed by atoms with E-state index >= 15 is 0 Å². The van der Waals surface area contributed by atoms with Gasteiger partial charge in [0.05, 0.1) is 24.9 Å². The molecule has 2 amide bonds. The summed E-state index contributed by atoms with van der Waals surface area (Å²) in [6, 6.07) is 12.8. The fourth-order valence-electron chi connectivity index (χ4n) is 3.94. The maximum atomic E-state index is 13.5. The van der Waals surface area contributed by atoms with Crippen LogP contribution in [0.3, 0.4) is 0 Å². The molecule has 3 aromatic carbocycles. The van der Waals surface area contributed by atoms with Crippen LogP contribution in [-0.2, 0) is 6.42 Å². The van der Waals surface area contributed by atoms with Crippen molar-refractivity contribution in [3.8, 4) is 16.9 Å². The Morgan fingerprint density at radius 2 is 1.68 bits per heavy atom. The number of aliphatic hydroxyl groups excluding tert-OH is 1. The predicted octanol–water partition coefficient (Wildman–Crippen LogP) is 6.80. The summed E-state index contributed by atoms with van der Waals surface area (Å²) >= 11 is 0. The van der Waals surface area contributed by atoms with Gasteiger partial charge in [0.2, 0.25) is 0 Å². The Labute approximate surface area is 192 Å². The molecule has 5 nitrogen and oxygen atoms in total. The van der Waals surface area contributed by atoms with Crippen molar-refractivity contribution in [2.75, 3.05) is 12.4 Å². The van der Waals surface area contributed by atoms with E-state index in [-0.39, 0.29) is 18.1 Å². The molecule has 0 unspecified atom stereocenters. The van der Waals surface area contributed by atoms with Gasteiger partial charge in [0.25, 0.3) is 0 Å². The summed E-state index contributed by atoms with van der Waals surface area (Å²) < 4.78 is 72.4. The van der Waals surface area contributed by atoms with Crippen molar-refractivity contribution in [3.05, 3.63) is 77.9 Å². The third-order valence-electron chi connectivity index (χ3n) is 5.58. The molecule has 0 radical (unpaired) electrons. The van der Waals surface area contributed by atoms with Gasteiger partial charge >= 0.3 is 16.3 Å². The third-order valence-corrected chi connectivity index (χ3v) is 6.72. The average molecular weight is 500 g/mol. The topological polar surface area (TPSA) is 70.6 Å². The number of benzene rings is 3. The number of carbonyl (C=O) groups excluding carboxylic acids is 1. The summed E-state index contributed by atoms with van der Waals surface area (Å²) in [5, 5.41) is 15.1. The van der Waals surface area contributed by atoms with Crippen molar-refractivity contribution in [2.24, 2.45) is 0 Å². The lowest BCUT2D eigenvalue weighted by Gasteiger charge is -2.40. The van der Waals surface area contributed by atoms with Crippen LogP contribution in [0.15, 0.2) is 71.6 Å². The Hall–Kier alpha value is -3.31. The van der Waals surface area contributed by atoms with E-state index in [9.17, 15) is 29.3 Å². The number of carbonyl (C=O) groups is 1. The van der Waals surface area contributed by atoms with Gasteiger partial charge in [0.1, 0.15) is 10.6 Å². The summed E-state index contributed by atoms with van der Waals surface area (Å²) in [7, 11) is -8.57. The summed E-state index contributed by atoms with van der Waals surface area (Å²) in [4.78, 5) is 10.6. The molecule has 3 N–H and O–H groups in total. The number of hydrogen-bond donors (Lipinski definition) is 3. The monoisotopic (exact) mass is 500 g/mol. The molecule has 2 atom stereocenters. The first kappa shape index (κ1) is 23.8. The smallest absolute Gasteiger partial charge is 0.319 e. The van der Waals surface area contributed by atoms with E-state index in [1.54, 1.807) is 36.4 Å². The zero-order valence-corrected chi connectivity index (χ0v) is 18.6. The summed E-state index contributed by atoms with van der Waals surface area (Å²) in [6.45, 7) is 0. The second-order valence-electron chi connectivity index (χ2n) is 7.95. The molecule has 182 valence electrons. The molecular weight excluding hydrogens is 479 g/mol. The summed E-state index contributed by atoms with van der Waals surface area (Å²) in [6.07, 6.45) is -0.655. The number of halogens is 5. The highest BCUT2D eigenvalue weighted by molar-refractivity contribution is 8.45. The van der Waals surface area contributed by atoms with E-state index in [4.69, 9.17) is 4.74 Å². The highest BCUT2D eigenvalue weighted by atomic mass is 32.5. The number of ether oxygens (including phenoxy) is 1. The Morgan fingerprint density at radius 3 is 2.32 bits per heavy atom. The largest absolute Gasteiger partial charge is 0.497 e. The number of urea groups is 1. The van der Waals surface area contributed by atoms with Gasteiger partial charge in [0.15, 0.2) is 0 Å². The fourth-order valence-corrected chi connectivity index (χ4v) is 4.60.